The third-order valence-electron chi connectivity index (χ3n) is 3.04. The Balaban J connectivity index is 2.50. The van der Waals surface area contributed by atoms with E-state index < -0.39 is 8.07 Å². The van der Waals surface area contributed by atoms with Crippen LogP contribution in [0.5, 0.6) is 5.75 Å². The lowest BCUT2D eigenvalue weighted by Gasteiger charge is -2.28. The van der Waals surface area contributed by atoms with Gasteiger partial charge in [0.05, 0.1) is 18.2 Å². The molecule has 1 aromatic heterocycles. The minimum atomic E-state index is -0.734. The van der Waals surface area contributed by atoms with Crippen LogP contribution in [0, 0.1) is 0 Å². The summed E-state index contributed by atoms with van der Waals surface area (Å²) in [5, 5.41) is 0.0768. The third kappa shape index (κ3) is 2.83. The Kier molecular flexibility index (Phi) is 3.98. The van der Waals surface area contributed by atoms with E-state index in [0.717, 1.165) is 16.9 Å². The van der Waals surface area contributed by atoms with E-state index in [1.165, 1.54) is 0 Å². The molecule has 0 aliphatic rings. The molecular formula is C15H21N2OP. The minimum absolute atomic E-state index is 0.0768. The second kappa shape index (κ2) is 5.36. The Morgan fingerprint density at radius 3 is 2.42 bits per heavy atom. The molecule has 4 heteroatoms. The number of nitrogens with zero attached hydrogens (tertiary/aromatic N) is 1. The van der Waals surface area contributed by atoms with Gasteiger partial charge in [0.25, 0.3) is 0 Å². The number of benzene rings is 1. The van der Waals surface area contributed by atoms with Crippen LogP contribution in [0.1, 0.15) is 20.8 Å². The van der Waals surface area contributed by atoms with Crippen molar-refractivity contribution in [3.8, 4) is 11.4 Å². The molecule has 0 amide bonds. The molecular weight excluding hydrogens is 255 g/mol. The van der Waals surface area contributed by atoms with Crippen molar-refractivity contribution < 1.29 is 4.74 Å². The molecule has 102 valence electrons. The van der Waals surface area contributed by atoms with Gasteiger partial charge in [-0.2, -0.15) is 0 Å². The number of nitrogens with two attached hydrogens (primary N) is 1. The number of hydrogen-bond donors (Lipinski definition) is 1. The first-order valence-electron chi connectivity index (χ1n) is 6.31. The third-order valence-corrected chi connectivity index (χ3v) is 5.35. The molecule has 19 heavy (non-hydrogen) atoms. The van der Waals surface area contributed by atoms with Gasteiger partial charge in [-0.1, -0.05) is 32.9 Å². The van der Waals surface area contributed by atoms with Gasteiger partial charge < -0.3 is 14.8 Å². The van der Waals surface area contributed by atoms with Crippen LogP contribution in [-0.4, -0.2) is 16.8 Å². The maximum Gasteiger partial charge on any atom is 0.142 e. The van der Waals surface area contributed by atoms with E-state index in [1.807, 2.05) is 36.5 Å². The largest absolute Gasteiger partial charge is 0.495 e. The topological polar surface area (TPSA) is 40.2 Å². The first kappa shape index (κ1) is 14.1. The molecule has 0 radical (unpaired) electrons. The van der Waals surface area contributed by atoms with Crippen LogP contribution in [0.4, 0.5) is 0 Å². The summed E-state index contributed by atoms with van der Waals surface area (Å²) in [5.41, 5.74) is 8.64. The number of rotatable bonds is 3. The molecule has 1 unspecified atom stereocenters. The highest BCUT2D eigenvalue weighted by Crippen LogP contribution is 2.41. The van der Waals surface area contributed by atoms with Crippen LogP contribution in [-0.2, 0) is 0 Å². The number of aromatic nitrogens is 1. The monoisotopic (exact) mass is 276 g/mol. The molecule has 0 saturated carbocycles. The molecule has 1 atom stereocenters. The molecule has 0 spiro atoms. The van der Waals surface area contributed by atoms with E-state index in [1.54, 1.807) is 7.11 Å². The lowest BCUT2D eigenvalue weighted by Crippen LogP contribution is -2.28. The Hall–Kier alpha value is -1.31. The summed E-state index contributed by atoms with van der Waals surface area (Å²) in [4.78, 5) is 0. The number of hydrogen-bond acceptors (Lipinski definition) is 2. The van der Waals surface area contributed by atoms with Crippen molar-refractivity contribution in [2.24, 2.45) is 5.50 Å². The second-order valence-electron chi connectivity index (χ2n) is 5.45. The number of ether oxygens (including phenoxy) is 1. The lowest BCUT2D eigenvalue weighted by atomic mass is 10.3. The van der Waals surface area contributed by atoms with Gasteiger partial charge in [0.2, 0.25) is 0 Å². The summed E-state index contributed by atoms with van der Waals surface area (Å²) < 4.78 is 7.57. The molecule has 2 rings (SSSR count). The normalized spacial score (nSPS) is 13.3. The second-order valence-corrected chi connectivity index (χ2v) is 7.99. The summed E-state index contributed by atoms with van der Waals surface area (Å²) >= 11 is 0. The summed E-state index contributed by atoms with van der Waals surface area (Å²) in [6.07, 6.45) is 2.04. The Bertz CT molecular complexity index is 557. The SMILES string of the molecule is COc1ccccc1-n1cccc1P(N)C(C)(C)C. The van der Waals surface area contributed by atoms with E-state index >= 15 is 0 Å². The number of methoxy groups -OCH3 is 1. The first-order valence-corrected chi connectivity index (χ1v) is 7.72. The highest BCUT2D eigenvalue weighted by molar-refractivity contribution is 7.64. The highest BCUT2D eigenvalue weighted by atomic mass is 31.1. The fourth-order valence-electron chi connectivity index (χ4n) is 1.94. The van der Waals surface area contributed by atoms with Crippen molar-refractivity contribution in [1.29, 1.82) is 0 Å². The molecule has 0 aliphatic heterocycles. The zero-order valence-corrected chi connectivity index (χ0v) is 12.8. The van der Waals surface area contributed by atoms with Gasteiger partial charge in [0.1, 0.15) is 5.75 Å². The zero-order chi connectivity index (χ0) is 14.0. The van der Waals surface area contributed by atoms with Crippen LogP contribution >= 0.6 is 8.07 Å². The minimum Gasteiger partial charge on any atom is -0.495 e. The summed E-state index contributed by atoms with van der Waals surface area (Å²) in [5.74, 6) is 0.859. The average Bonchev–Trinajstić information content (AvgIpc) is 2.85. The van der Waals surface area contributed by atoms with E-state index in [4.69, 9.17) is 10.2 Å². The Morgan fingerprint density at radius 2 is 1.79 bits per heavy atom. The molecule has 0 bridgehead atoms. The van der Waals surface area contributed by atoms with Gasteiger partial charge >= 0.3 is 0 Å². The van der Waals surface area contributed by atoms with Crippen LogP contribution in [0.25, 0.3) is 5.69 Å². The molecule has 2 aromatic rings. The standard InChI is InChI=1S/C15H21N2OP/c1-15(2,3)19(16)14-10-7-11-17(14)12-8-5-6-9-13(12)18-4/h5-11H,16H2,1-4H3. The van der Waals surface area contributed by atoms with E-state index in [0.29, 0.717) is 0 Å². The maximum absolute atomic E-state index is 6.45. The van der Waals surface area contributed by atoms with Crippen molar-refractivity contribution in [1.82, 2.24) is 4.57 Å². The average molecular weight is 276 g/mol. The summed E-state index contributed by atoms with van der Waals surface area (Å²) in [7, 11) is 0.957. The smallest absolute Gasteiger partial charge is 0.142 e. The van der Waals surface area contributed by atoms with Crippen LogP contribution in [0.3, 0.4) is 0 Å². The fourth-order valence-corrected chi connectivity index (χ4v) is 3.28. The van der Waals surface area contributed by atoms with Gasteiger partial charge in [-0.3, -0.25) is 0 Å². The van der Waals surface area contributed by atoms with E-state index in [2.05, 4.69) is 31.4 Å². The fraction of sp³-hybridized carbons (Fsp3) is 0.333. The van der Waals surface area contributed by atoms with Gasteiger partial charge in [0, 0.05) is 19.4 Å². The van der Waals surface area contributed by atoms with Crippen molar-refractivity contribution in [3.63, 3.8) is 0 Å². The molecule has 0 aliphatic carbocycles. The van der Waals surface area contributed by atoms with Gasteiger partial charge in [-0.05, 0) is 24.3 Å². The van der Waals surface area contributed by atoms with Gasteiger partial charge in [-0.15, -0.1) is 0 Å². The van der Waals surface area contributed by atoms with Gasteiger partial charge in [0.15, 0.2) is 0 Å². The Morgan fingerprint density at radius 1 is 1.11 bits per heavy atom. The van der Waals surface area contributed by atoms with Crippen LogP contribution < -0.4 is 15.7 Å². The van der Waals surface area contributed by atoms with Crippen molar-refractivity contribution in [3.05, 3.63) is 42.6 Å². The molecule has 2 N–H and O–H groups in total. The van der Waals surface area contributed by atoms with Gasteiger partial charge in [-0.25, -0.2) is 0 Å². The molecule has 0 fully saturated rings. The Labute approximate surface area is 116 Å². The predicted molar refractivity (Wildman–Crippen MR) is 82.8 cm³/mol. The summed E-state index contributed by atoms with van der Waals surface area (Å²) in [6.45, 7) is 6.54. The zero-order valence-electron chi connectivity index (χ0n) is 11.9. The van der Waals surface area contributed by atoms with Crippen molar-refractivity contribution in [2.75, 3.05) is 7.11 Å². The van der Waals surface area contributed by atoms with E-state index in [-0.39, 0.29) is 5.16 Å². The van der Waals surface area contributed by atoms with E-state index in [9.17, 15) is 0 Å². The molecule has 1 aromatic carbocycles. The summed E-state index contributed by atoms with van der Waals surface area (Å²) in [6, 6.07) is 12.1. The van der Waals surface area contributed by atoms with Crippen molar-refractivity contribution >= 4 is 13.5 Å². The molecule has 0 saturated heterocycles. The molecule has 3 nitrogen and oxygen atoms in total. The lowest BCUT2D eigenvalue weighted by molar-refractivity contribution is 0.413. The molecule has 1 heterocycles. The van der Waals surface area contributed by atoms with Crippen LogP contribution in [0.2, 0.25) is 0 Å². The quantitative estimate of drug-likeness (QED) is 0.874. The van der Waals surface area contributed by atoms with Crippen molar-refractivity contribution in [2.45, 2.75) is 25.9 Å². The number of para-hydroxylation sites is 2. The first-order chi connectivity index (χ1) is 8.95. The predicted octanol–water partition coefficient (Wildman–Crippen LogP) is 3.27. The maximum atomic E-state index is 6.45. The highest BCUT2D eigenvalue weighted by Gasteiger charge is 2.25. The van der Waals surface area contributed by atoms with Crippen LogP contribution in [0.15, 0.2) is 42.6 Å².